The Morgan fingerprint density at radius 3 is 2.48 bits per heavy atom. The van der Waals surface area contributed by atoms with Gasteiger partial charge in [0.2, 0.25) is 5.91 Å². The fraction of sp³-hybridized carbons (Fsp3) is 0.188. The summed E-state index contributed by atoms with van der Waals surface area (Å²) in [5.41, 5.74) is 2.48. The number of anilines is 2. The predicted octanol–water partition coefficient (Wildman–Crippen LogP) is 3.92. The van der Waals surface area contributed by atoms with Crippen molar-refractivity contribution in [2.24, 2.45) is 0 Å². The lowest BCUT2D eigenvalue weighted by atomic mass is 10.1. The zero-order chi connectivity index (χ0) is 17.0. The highest BCUT2D eigenvalue weighted by Gasteiger charge is 2.14. The van der Waals surface area contributed by atoms with E-state index >= 15 is 0 Å². The zero-order valence-electron chi connectivity index (χ0n) is 12.7. The number of rotatable bonds is 5. The van der Waals surface area contributed by atoms with Crippen LogP contribution in [0.25, 0.3) is 0 Å². The van der Waals surface area contributed by atoms with E-state index in [1.54, 1.807) is 37.3 Å². The predicted molar refractivity (Wildman–Crippen MR) is 91.1 cm³/mol. The number of nitrogens with one attached hydrogen (secondary N) is 2. The molecule has 0 aliphatic rings. The first-order valence-electron chi connectivity index (χ1n) is 6.93. The number of amides is 1. The van der Waals surface area contributed by atoms with E-state index in [0.717, 1.165) is 5.56 Å². The van der Waals surface area contributed by atoms with Gasteiger partial charge in [0.1, 0.15) is 0 Å². The van der Waals surface area contributed by atoms with Gasteiger partial charge in [-0.05, 0) is 37.6 Å². The van der Waals surface area contributed by atoms with Crippen LogP contribution in [0.4, 0.5) is 17.1 Å². The number of nitrogens with zero attached hydrogens (tertiary/aromatic N) is 1. The number of carbonyl (C=O) groups excluding carboxylic acids is 1. The number of nitro groups is 1. The molecule has 6 nitrogen and oxygen atoms in total. The van der Waals surface area contributed by atoms with E-state index in [0.29, 0.717) is 22.0 Å². The third-order valence-electron chi connectivity index (χ3n) is 3.48. The Labute approximate surface area is 138 Å². The summed E-state index contributed by atoms with van der Waals surface area (Å²) in [5, 5.41) is 17.2. The first-order chi connectivity index (χ1) is 10.9. The molecule has 2 aromatic carbocycles. The second kappa shape index (κ2) is 7.11. The first kappa shape index (κ1) is 16.8. The maximum Gasteiger partial charge on any atom is 0.274 e. The van der Waals surface area contributed by atoms with Crippen LogP contribution in [0, 0.1) is 24.0 Å². The molecule has 0 radical (unpaired) electrons. The molecular weight excluding hydrogens is 318 g/mol. The number of hydrogen-bond donors (Lipinski definition) is 2. The summed E-state index contributed by atoms with van der Waals surface area (Å²) in [7, 11) is 0. The van der Waals surface area contributed by atoms with Crippen LogP contribution in [0.1, 0.15) is 11.1 Å². The molecule has 0 atom stereocenters. The minimum Gasteiger partial charge on any atom is -0.376 e. The van der Waals surface area contributed by atoms with E-state index in [1.165, 1.54) is 6.07 Å². The van der Waals surface area contributed by atoms with Gasteiger partial charge in [-0.2, -0.15) is 0 Å². The molecule has 23 heavy (non-hydrogen) atoms. The number of halogens is 1. The van der Waals surface area contributed by atoms with E-state index < -0.39 is 4.92 Å². The van der Waals surface area contributed by atoms with Crippen molar-refractivity contribution in [2.45, 2.75) is 13.8 Å². The Hall–Kier alpha value is -2.60. The van der Waals surface area contributed by atoms with Gasteiger partial charge in [-0.15, -0.1) is 0 Å². The standard InChI is InChI=1S/C16H16ClN3O3/c1-10-12(17)5-3-7-14(10)19-16(21)9-18-13-6-4-8-15(11(13)2)20(22)23/h3-8,18H,9H2,1-2H3,(H,19,21). The van der Waals surface area contributed by atoms with Crippen LogP contribution in [0.15, 0.2) is 36.4 Å². The Balaban J connectivity index is 2.04. The second-order valence-corrected chi connectivity index (χ2v) is 5.43. The van der Waals surface area contributed by atoms with Crippen LogP contribution in [-0.2, 0) is 4.79 Å². The molecule has 2 N–H and O–H groups in total. The Bertz CT molecular complexity index is 762. The van der Waals surface area contributed by atoms with Crippen LogP contribution in [0.2, 0.25) is 5.02 Å². The van der Waals surface area contributed by atoms with Crippen LogP contribution >= 0.6 is 11.6 Å². The van der Waals surface area contributed by atoms with Gasteiger partial charge in [0.15, 0.2) is 0 Å². The molecule has 1 amide bonds. The van der Waals surface area contributed by atoms with Crippen LogP contribution in [0.5, 0.6) is 0 Å². The third-order valence-corrected chi connectivity index (χ3v) is 3.89. The molecule has 120 valence electrons. The number of hydrogen-bond acceptors (Lipinski definition) is 4. The summed E-state index contributed by atoms with van der Waals surface area (Å²) in [6.07, 6.45) is 0. The highest BCUT2D eigenvalue weighted by atomic mass is 35.5. The molecule has 0 aliphatic carbocycles. The lowest BCUT2D eigenvalue weighted by molar-refractivity contribution is -0.385. The van der Waals surface area contributed by atoms with Gasteiger partial charge in [0, 0.05) is 28.0 Å². The smallest absolute Gasteiger partial charge is 0.274 e. The van der Waals surface area contributed by atoms with Crippen molar-refractivity contribution in [2.75, 3.05) is 17.2 Å². The van der Waals surface area contributed by atoms with Crippen LogP contribution in [-0.4, -0.2) is 17.4 Å². The van der Waals surface area contributed by atoms with E-state index in [9.17, 15) is 14.9 Å². The molecule has 2 aromatic rings. The molecule has 0 unspecified atom stereocenters. The molecule has 0 fully saturated rings. The Kier molecular flexibility index (Phi) is 5.18. The maximum atomic E-state index is 12.0. The lowest BCUT2D eigenvalue weighted by Crippen LogP contribution is -2.22. The van der Waals surface area contributed by atoms with Gasteiger partial charge >= 0.3 is 0 Å². The topological polar surface area (TPSA) is 84.3 Å². The summed E-state index contributed by atoms with van der Waals surface area (Å²) >= 11 is 6.01. The maximum absolute atomic E-state index is 12.0. The van der Waals surface area contributed by atoms with Gasteiger partial charge in [-0.1, -0.05) is 23.7 Å². The molecule has 0 bridgehead atoms. The summed E-state index contributed by atoms with van der Waals surface area (Å²) in [6, 6.07) is 9.96. The molecule has 7 heteroatoms. The molecule has 0 aromatic heterocycles. The molecule has 0 saturated carbocycles. The summed E-state index contributed by atoms with van der Waals surface area (Å²) in [6.45, 7) is 3.45. The highest BCUT2D eigenvalue weighted by Crippen LogP contribution is 2.25. The van der Waals surface area contributed by atoms with Gasteiger partial charge in [-0.25, -0.2) is 0 Å². The lowest BCUT2D eigenvalue weighted by Gasteiger charge is -2.12. The van der Waals surface area contributed by atoms with E-state index in [1.807, 2.05) is 6.92 Å². The van der Waals surface area contributed by atoms with E-state index in [-0.39, 0.29) is 18.1 Å². The highest BCUT2D eigenvalue weighted by molar-refractivity contribution is 6.31. The van der Waals surface area contributed by atoms with Gasteiger partial charge in [-0.3, -0.25) is 14.9 Å². The number of benzene rings is 2. The number of carbonyl (C=O) groups is 1. The molecular formula is C16H16ClN3O3. The van der Waals surface area contributed by atoms with Crippen molar-refractivity contribution in [1.29, 1.82) is 0 Å². The van der Waals surface area contributed by atoms with Crippen molar-refractivity contribution in [1.82, 2.24) is 0 Å². The largest absolute Gasteiger partial charge is 0.376 e. The summed E-state index contributed by atoms with van der Waals surface area (Å²) < 4.78 is 0. The Morgan fingerprint density at radius 1 is 1.13 bits per heavy atom. The quantitative estimate of drug-likeness (QED) is 0.641. The van der Waals surface area contributed by atoms with E-state index in [4.69, 9.17) is 11.6 Å². The van der Waals surface area contributed by atoms with Crippen molar-refractivity contribution < 1.29 is 9.72 Å². The third kappa shape index (κ3) is 3.98. The Morgan fingerprint density at radius 2 is 1.78 bits per heavy atom. The van der Waals surface area contributed by atoms with Crippen molar-refractivity contribution in [3.05, 3.63) is 62.7 Å². The molecule has 0 spiro atoms. The molecule has 0 heterocycles. The van der Waals surface area contributed by atoms with Gasteiger partial charge in [0.05, 0.1) is 11.5 Å². The van der Waals surface area contributed by atoms with Crippen molar-refractivity contribution in [3.63, 3.8) is 0 Å². The van der Waals surface area contributed by atoms with Crippen molar-refractivity contribution >= 4 is 34.6 Å². The normalized spacial score (nSPS) is 10.2. The summed E-state index contributed by atoms with van der Waals surface area (Å²) in [5.74, 6) is -0.263. The molecule has 0 aliphatic heterocycles. The fourth-order valence-electron chi connectivity index (χ4n) is 2.13. The monoisotopic (exact) mass is 333 g/mol. The van der Waals surface area contributed by atoms with Gasteiger partial charge in [0.25, 0.3) is 5.69 Å². The number of nitro benzene ring substituents is 1. The summed E-state index contributed by atoms with van der Waals surface area (Å²) in [4.78, 5) is 22.5. The SMILES string of the molecule is Cc1c(Cl)cccc1NC(=O)CNc1cccc([N+](=O)[O-])c1C. The average Bonchev–Trinajstić information content (AvgIpc) is 2.50. The molecule has 0 saturated heterocycles. The van der Waals surface area contributed by atoms with Crippen molar-refractivity contribution in [3.8, 4) is 0 Å². The van der Waals surface area contributed by atoms with Crippen LogP contribution < -0.4 is 10.6 Å². The minimum atomic E-state index is -0.448. The minimum absolute atomic E-state index is 0.00599. The first-order valence-corrected chi connectivity index (χ1v) is 7.30. The second-order valence-electron chi connectivity index (χ2n) is 5.02. The fourth-order valence-corrected chi connectivity index (χ4v) is 2.30. The van der Waals surface area contributed by atoms with Crippen LogP contribution in [0.3, 0.4) is 0 Å². The average molecular weight is 334 g/mol. The zero-order valence-corrected chi connectivity index (χ0v) is 13.5. The van der Waals surface area contributed by atoms with E-state index in [2.05, 4.69) is 10.6 Å². The van der Waals surface area contributed by atoms with Gasteiger partial charge < -0.3 is 10.6 Å². The molecule has 2 rings (SSSR count).